The van der Waals surface area contributed by atoms with Crippen LogP contribution >= 0.6 is 12.2 Å². The van der Waals surface area contributed by atoms with E-state index in [0.29, 0.717) is 5.82 Å². The first-order valence-corrected chi connectivity index (χ1v) is 3.06. The van der Waals surface area contributed by atoms with Gasteiger partial charge in [-0.15, -0.1) is 0 Å². The average Bonchev–Trinajstić information content (AvgIpc) is 1.80. The summed E-state index contributed by atoms with van der Waals surface area (Å²) in [4.78, 5) is 2.85. The van der Waals surface area contributed by atoms with Crippen molar-refractivity contribution < 1.29 is 0 Å². The maximum absolute atomic E-state index is 5.41. The Hall–Kier alpha value is -0.830. The SMILES string of the molecule is Cc1c[nH]c(N)cc1=S. The van der Waals surface area contributed by atoms with Crippen molar-refractivity contribution in [3.63, 3.8) is 0 Å². The molecule has 0 radical (unpaired) electrons. The third-order valence-corrected chi connectivity index (χ3v) is 1.57. The van der Waals surface area contributed by atoms with Gasteiger partial charge in [0.15, 0.2) is 0 Å². The fourth-order valence-corrected chi connectivity index (χ4v) is 0.745. The number of rotatable bonds is 0. The summed E-state index contributed by atoms with van der Waals surface area (Å²) >= 11 is 4.94. The van der Waals surface area contributed by atoms with E-state index in [1.54, 1.807) is 12.3 Å². The van der Waals surface area contributed by atoms with Crippen molar-refractivity contribution in [2.75, 3.05) is 5.73 Å². The van der Waals surface area contributed by atoms with E-state index < -0.39 is 0 Å². The number of hydrogen-bond donors (Lipinski definition) is 2. The normalized spacial score (nSPS) is 9.44. The van der Waals surface area contributed by atoms with E-state index >= 15 is 0 Å². The molecule has 1 rings (SSSR count). The van der Waals surface area contributed by atoms with Crippen molar-refractivity contribution >= 4 is 18.0 Å². The number of aryl methyl sites for hydroxylation is 1. The van der Waals surface area contributed by atoms with Crippen LogP contribution in [0, 0.1) is 11.4 Å². The van der Waals surface area contributed by atoms with Crippen LogP contribution < -0.4 is 5.73 Å². The van der Waals surface area contributed by atoms with Crippen molar-refractivity contribution in [1.82, 2.24) is 4.98 Å². The van der Waals surface area contributed by atoms with Crippen molar-refractivity contribution in [3.05, 3.63) is 22.3 Å². The zero-order valence-corrected chi connectivity index (χ0v) is 5.96. The maximum atomic E-state index is 5.41. The molecular formula is C6H8N2S. The molecule has 0 bridgehead atoms. The Morgan fingerprint density at radius 1 is 1.67 bits per heavy atom. The molecule has 0 saturated carbocycles. The standard InChI is InChI=1S/C6H8N2S/c1-4-3-8-6(7)2-5(4)9/h2-3H,1H3,(H3,7,8,9). The fourth-order valence-electron chi connectivity index (χ4n) is 0.559. The molecule has 0 aliphatic rings. The van der Waals surface area contributed by atoms with E-state index in [9.17, 15) is 0 Å². The lowest BCUT2D eigenvalue weighted by Crippen LogP contribution is -1.89. The van der Waals surface area contributed by atoms with Gasteiger partial charge in [0.1, 0.15) is 5.82 Å². The van der Waals surface area contributed by atoms with Crippen LogP contribution in [0.15, 0.2) is 12.3 Å². The van der Waals surface area contributed by atoms with Gasteiger partial charge in [0.2, 0.25) is 0 Å². The van der Waals surface area contributed by atoms with Crippen molar-refractivity contribution in [1.29, 1.82) is 0 Å². The van der Waals surface area contributed by atoms with Crippen LogP contribution in [-0.2, 0) is 0 Å². The summed E-state index contributed by atoms with van der Waals surface area (Å²) in [5, 5.41) is 0. The van der Waals surface area contributed by atoms with Gasteiger partial charge in [-0.1, -0.05) is 12.2 Å². The molecule has 0 aliphatic carbocycles. The number of aromatic amines is 1. The number of hydrogen-bond acceptors (Lipinski definition) is 2. The van der Waals surface area contributed by atoms with E-state index in [1.807, 2.05) is 6.92 Å². The lowest BCUT2D eigenvalue weighted by molar-refractivity contribution is 1.27. The third kappa shape index (κ3) is 1.29. The number of H-pyrrole nitrogens is 1. The zero-order chi connectivity index (χ0) is 6.85. The second kappa shape index (κ2) is 2.19. The van der Waals surface area contributed by atoms with Crippen LogP contribution in [0.2, 0.25) is 0 Å². The summed E-state index contributed by atoms with van der Waals surface area (Å²) in [6.45, 7) is 1.94. The van der Waals surface area contributed by atoms with Gasteiger partial charge in [-0.3, -0.25) is 0 Å². The number of nitrogens with two attached hydrogens (primary N) is 1. The molecule has 0 unspecified atom stereocenters. The molecule has 0 fully saturated rings. The topological polar surface area (TPSA) is 41.8 Å². The monoisotopic (exact) mass is 140 g/mol. The molecule has 0 amide bonds. The minimum absolute atomic E-state index is 0.616. The van der Waals surface area contributed by atoms with Gasteiger partial charge < -0.3 is 10.7 Å². The molecule has 0 atom stereocenters. The quantitative estimate of drug-likeness (QED) is 0.538. The molecule has 0 aromatic carbocycles. The minimum Gasteiger partial charge on any atom is -0.385 e. The van der Waals surface area contributed by atoms with Crippen LogP contribution in [0.4, 0.5) is 5.82 Å². The molecule has 0 saturated heterocycles. The second-order valence-corrected chi connectivity index (χ2v) is 2.38. The van der Waals surface area contributed by atoms with Gasteiger partial charge in [-0.25, -0.2) is 0 Å². The minimum atomic E-state index is 0.616. The molecule has 1 heterocycles. The van der Waals surface area contributed by atoms with Crippen molar-refractivity contribution in [2.45, 2.75) is 6.92 Å². The predicted octanol–water partition coefficient (Wildman–Crippen LogP) is 1.63. The summed E-state index contributed by atoms with van der Waals surface area (Å²) in [6.07, 6.45) is 1.80. The van der Waals surface area contributed by atoms with Gasteiger partial charge in [0.05, 0.1) is 0 Å². The second-order valence-electron chi connectivity index (χ2n) is 1.94. The fraction of sp³-hybridized carbons (Fsp3) is 0.167. The largest absolute Gasteiger partial charge is 0.385 e. The molecule has 3 heteroatoms. The van der Waals surface area contributed by atoms with Crippen molar-refractivity contribution in [3.8, 4) is 0 Å². The Labute approximate surface area is 58.7 Å². The van der Waals surface area contributed by atoms with Crippen molar-refractivity contribution in [2.24, 2.45) is 0 Å². The highest BCUT2D eigenvalue weighted by molar-refractivity contribution is 7.71. The van der Waals surface area contributed by atoms with Crippen LogP contribution in [0.25, 0.3) is 0 Å². The molecule has 9 heavy (non-hydrogen) atoms. The number of anilines is 1. The molecule has 3 N–H and O–H groups in total. The van der Waals surface area contributed by atoms with Gasteiger partial charge >= 0.3 is 0 Å². The predicted molar refractivity (Wildman–Crippen MR) is 40.8 cm³/mol. The Kier molecular flexibility index (Phi) is 1.53. The maximum Gasteiger partial charge on any atom is 0.101 e. The lowest BCUT2D eigenvalue weighted by Gasteiger charge is -1.93. The molecule has 0 aliphatic heterocycles. The molecule has 1 aromatic rings. The molecule has 0 spiro atoms. The average molecular weight is 140 g/mol. The summed E-state index contributed by atoms with van der Waals surface area (Å²) in [5.41, 5.74) is 6.46. The van der Waals surface area contributed by atoms with E-state index in [2.05, 4.69) is 4.98 Å². The van der Waals surface area contributed by atoms with Gasteiger partial charge in [-0.05, 0) is 18.6 Å². The molecule has 1 aromatic heterocycles. The Morgan fingerprint density at radius 3 is 2.78 bits per heavy atom. The number of nitrogen functional groups attached to an aromatic ring is 1. The first kappa shape index (κ1) is 6.29. The highest BCUT2D eigenvalue weighted by Crippen LogP contribution is 2.02. The van der Waals surface area contributed by atoms with Gasteiger partial charge in [-0.2, -0.15) is 0 Å². The first-order chi connectivity index (χ1) is 4.20. The lowest BCUT2D eigenvalue weighted by atomic mass is 10.3. The van der Waals surface area contributed by atoms with Gasteiger partial charge in [0, 0.05) is 10.7 Å². The summed E-state index contributed by atoms with van der Waals surface area (Å²) in [6, 6.07) is 1.74. The Balaban J connectivity index is 3.34. The summed E-state index contributed by atoms with van der Waals surface area (Å²) in [7, 11) is 0. The smallest absolute Gasteiger partial charge is 0.101 e. The van der Waals surface area contributed by atoms with Crippen LogP contribution in [-0.4, -0.2) is 4.98 Å². The summed E-state index contributed by atoms with van der Waals surface area (Å²) in [5.74, 6) is 0.616. The zero-order valence-electron chi connectivity index (χ0n) is 5.14. The summed E-state index contributed by atoms with van der Waals surface area (Å²) < 4.78 is 0.811. The van der Waals surface area contributed by atoms with E-state index in [4.69, 9.17) is 18.0 Å². The molecular weight excluding hydrogens is 132 g/mol. The first-order valence-electron chi connectivity index (χ1n) is 2.65. The van der Waals surface area contributed by atoms with E-state index in [0.717, 1.165) is 10.1 Å². The van der Waals surface area contributed by atoms with Crippen LogP contribution in [0.1, 0.15) is 5.56 Å². The Morgan fingerprint density at radius 2 is 2.33 bits per heavy atom. The number of pyridine rings is 1. The highest BCUT2D eigenvalue weighted by Gasteiger charge is 1.86. The highest BCUT2D eigenvalue weighted by atomic mass is 32.1. The van der Waals surface area contributed by atoms with Gasteiger partial charge in [0.25, 0.3) is 0 Å². The van der Waals surface area contributed by atoms with Crippen LogP contribution in [0.5, 0.6) is 0 Å². The van der Waals surface area contributed by atoms with E-state index in [1.165, 1.54) is 0 Å². The Bertz CT molecular complexity index is 264. The number of nitrogens with one attached hydrogen (secondary N) is 1. The molecule has 2 nitrogen and oxygen atoms in total. The number of aromatic nitrogens is 1. The van der Waals surface area contributed by atoms with E-state index in [-0.39, 0.29) is 0 Å². The third-order valence-electron chi connectivity index (χ3n) is 1.13. The molecule has 48 valence electrons. The van der Waals surface area contributed by atoms with Crippen LogP contribution in [0.3, 0.4) is 0 Å².